The van der Waals surface area contributed by atoms with E-state index in [4.69, 9.17) is 5.73 Å². The van der Waals surface area contributed by atoms with Crippen molar-refractivity contribution in [2.24, 2.45) is 0 Å². The molecule has 1 aromatic heterocycles. The number of halogens is 2. The minimum atomic E-state index is -0.182. The lowest BCUT2D eigenvalue weighted by Crippen LogP contribution is -1.94. The Balaban J connectivity index is 1.91. The van der Waals surface area contributed by atoms with Crippen LogP contribution in [0.4, 0.5) is 9.52 Å². The zero-order valence-corrected chi connectivity index (χ0v) is 12.0. The van der Waals surface area contributed by atoms with Crippen LogP contribution in [0.15, 0.2) is 22.7 Å². The first-order valence-electron chi connectivity index (χ1n) is 5.82. The number of nitrogens with two attached hydrogens (primary N) is 1. The number of benzene rings is 1. The zero-order valence-electron chi connectivity index (χ0n) is 9.62. The van der Waals surface area contributed by atoms with Crippen LogP contribution in [-0.4, -0.2) is 4.98 Å². The van der Waals surface area contributed by atoms with Gasteiger partial charge in [-0.3, -0.25) is 0 Å². The van der Waals surface area contributed by atoms with Crippen molar-refractivity contribution in [3.63, 3.8) is 0 Å². The van der Waals surface area contributed by atoms with Gasteiger partial charge in [-0.15, -0.1) is 11.3 Å². The number of nitrogen functional groups attached to an aromatic ring is 1. The Kier molecular flexibility index (Phi) is 3.11. The third-order valence-corrected chi connectivity index (χ3v) is 4.47. The standard InChI is InChI=1S/C13H12BrFN2S/c14-9-4-3-8(10(15)6-9)5-11-12(7-1-2-7)17-13(16)18-11/h3-4,6-7H,1-2,5H2,(H2,16,17). The van der Waals surface area contributed by atoms with E-state index in [9.17, 15) is 4.39 Å². The lowest BCUT2D eigenvalue weighted by atomic mass is 10.1. The van der Waals surface area contributed by atoms with Gasteiger partial charge in [0, 0.05) is 21.7 Å². The van der Waals surface area contributed by atoms with Crippen LogP contribution in [0.5, 0.6) is 0 Å². The third-order valence-electron chi connectivity index (χ3n) is 3.07. The predicted molar refractivity (Wildman–Crippen MR) is 75.4 cm³/mol. The van der Waals surface area contributed by atoms with Crippen LogP contribution in [0.1, 0.15) is 34.9 Å². The van der Waals surface area contributed by atoms with E-state index < -0.39 is 0 Å². The minimum Gasteiger partial charge on any atom is -0.375 e. The SMILES string of the molecule is Nc1nc(C2CC2)c(Cc2ccc(Br)cc2F)s1. The number of thiazole rings is 1. The molecule has 2 nitrogen and oxygen atoms in total. The van der Waals surface area contributed by atoms with Gasteiger partial charge in [0.25, 0.3) is 0 Å². The van der Waals surface area contributed by atoms with Gasteiger partial charge in [-0.25, -0.2) is 9.37 Å². The van der Waals surface area contributed by atoms with Crippen LogP contribution in [0.3, 0.4) is 0 Å². The Bertz CT molecular complexity index is 593. The summed E-state index contributed by atoms with van der Waals surface area (Å²) in [6.45, 7) is 0. The van der Waals surface area contributed by atoms with Gasteiger partial charge in [0.1, 0.15) is 5.82 Å². The van der Waals surface area contributed by atoms with Gasteiger partial charge in [0.2, 0.25) is 0 Å². The molecule has 1 aliphatic carbocycles. The molecule has 0 unspecified atom stereocenters. The summed E-state index contributed by atoms with van der Waals surface area (Å²) in [4.78, 5) is 5.49. The van der Waals surface area contributed by atoms with Crippen LogP contribution in [-0.2, 0) is 6.42 Å². The van der Waals surface area contributed by atoms with Gasteiger partial charge >= 0.3 is 0 Å². The molecule has 5 heteroatoms. The summed E-state index contributed by atoms with van der Waals surface area (Å²) in [5.74, 6) is 0.366. The van der Waals surface area contributed by atoms with Crippen LogP contribution < -0.4 is 5.73 Å². The zero-order chi connectivity index (χ0) is 12.7. The molecule has 0 atom stereocenters. The average Bonchev–Trinajstić information content (AvgIpc) is 3.08. The molecular formula is C13H12BrFN2S. The van der Waals surface area contributed by atoms with E-state index in [1.54, 1.807) is 0 Å². The van der Waals surface area contributed by atoms with Crippen LogP contribution >= 0.6 is 27.3 Å². The first-order chi connectivity index (χ1) is 8.63. The van der Waals surface area contributed by atoms with Gasteiger partial charge in [0.15, 0.2) is 5.13 Å². The number of hydrogen-bond acceptors (Lipinski definition) is 3. The molecular weight excluding hydrogens is 315 g/mol. The average molecular weight is 327 g/mol. The maximum absolute atomic E-state index is 13.8. The third kappa shape index (κ3) is 2.42. The van der Waals surface area contributed by atoms with E-state index in [1.165, 1.54) is 30.2 Å². The van der Waals surface area contributed by atoms with E-state index in [0.29, 0.717) is 23.0 Å². The smallest absolute Gasteiger partial charge is 0.180 e. The van der Waals surface area contributed by atoms with Gasteiger partial charge in [-0.1, -0.05) is 22.0 Å². The summed E-state index contributed by atoms with van der Waals surface area (Å²) in [6, 6.07) is 5.17. The molecule has 0 aliphatic heterocycles. The van der Waals surface area contributed by atoms with Crippen LogP contribution in [0, 0.1) is 5.82 Å². The molecule has 1 heterocycles. The monoisotopic (exact) mass is 326 g/mol. The van der Waals surface area contributed by atoms with E-state index >= 15 is 0 Å². The summed E-state index contributed by atoms with van der Waals surface area (Å²) >= 11 is 4.74. The lowest BCUT2D eigenvalue weighted by Gasteiger charge is -2.03. The second kappa shape index (κ2) is 4.63. The van der Waals surface area contributed by atoms with Gasteiger partial charge < -0.3 is 5.73 Å². The molecule has 2 N–H and O–H groups in total. The highest BCUT2D eigenvalue weighted by Gasteiger charge is 2.29. The Morgan fingerprint density at radius 2 is 2.22 bits per heavy atom. The molecule has 2 aromatic rings. The fourth-order valence-corrected chi connectivity index (χ4v) is 3.30. The van der Waals surface area contributed by atoms with Crippen molar-refractivity contribution in [3.05, 3.63) is 44.6 Å². The summed E-state index contributed by atoms with van der Waals surface area (Å²) in [5, 5.41) is 0.587. The normalized spacial score (nSPS) is 15.0. The highest BCUT2D eigenvalue weighted by Crippen LogP contribution is 2.43. The molecule has 0 radical (unpaired) electrons. The molecule has 0 amide bonds. The summed E-state index contributed by atoms with van der Waals surface area (Å²) < 4.78 is 14.6. The molecule has 94 valence electrons. The molecule has 3 rings (SSSR count). The number of rotatable bonds is 3. The van der Waals surface area contributed by atoms with Gasteiger partial charge in [0.05, 0.1) is 5.69 Å². The van der Waals surface area contributed by atoms with Gasteiger partial charge in [-0.2, -0.15) is 0 Å². The Labute approximate surface area is 117 Å². The van der Waals surface area contributed by atoms with E-state index in [2.05, 4.69) is 20.9 Å². The molecule has 0 bridgehead atoms. The highest BCUT2D eigenvalue weighted by molar-refractivity contribution is 9.10. The van der Waals surface area contributed by atoms with E-state index in [0.717, 1.165) is 15.0 Å². The molecule has 1 aromatic carbocycles. The van der Waals surface area contributed by atoms with Crippen molar-refractivity contribution in [2.75, 3.05) is 5.73 Å². The fourth-order valence-electron chi connectivity index (χ4n) is 2.02. The van der Waals surface area contributed by atoms with Crippen molar-refractivity contribution in [3.8, 4) is 0 Å². The summed E-state index contributed by atoms with van der Waals surface area (Å²) in [5.41, 5.74) is 7.55. The number of aromatic nitrogens is 1. The number of anilines is 1. The van der Waals surface area contributed by atoms with Crippen molar-refractivity contribution < 1.29 is 4.39 Å². The maximum atomic E-state index is 13.8. The Morgan fingerprint density at radius 1 is 1.44 bits per heavy atom. The number of hydrogen-bond donors (Lipinski definition) is 1. The summed E-state index contributed by atoms with van der Waals surface area (Å²) in [7, 11) is 0. The molecule has 18 heavy (non-hydrogen) atoms. The largest absolute Gasteiger partial charge is 0.375 e. The maximum Gasteiger partial charge on any atom is 0.180 e. The summed E-state index contributed by atoms with van der Waals surface area (Å²) in [6.07, 6.45) is 2.94. The van der Waals surface area contributed by atoms with E-state index in [1.807, 2.05) is 12.1 Å². The predicted octanol–water partition coefficient (Wildman–Crippen LogP) is 4.10. The van der Waals surface area contributed by atoms with Gasteiger partial charge in [-0.05, 0) is 30.5 Å². The van der Waals surface area contributed by atoms with Crippen LogP contribution in [0.25, 0.3) is 0 Å². The first kappa shape index (κ1) is 12.1. The lowest BCUT2D eigenvalue weighted by molar-refractivity contribution is 0.613. The molecule has 0 saturated heterocycles. The number of nitrogens with zero attached hydrogens (tertiary/aromatic N) is 1. The Morgan fingerprint density at radius 3 is 2.89 bits per heavy atom. The molecule has 1 fully saturated rings. The van der Waals surface area contributed by atoms with Crippen molar-refractivity contribution in [1.29, 1.82) is 0 Å². The van der Waals surface area contributed by atoms with Crippen molar-refractivity contribution in [2.45, 2.75) is 25.2 Å². The quantitative estimate of drug-likeness (QED) is 0.922. The topological polar surface area (TPSA) is 38.9 Å². The van der Waals surface area contributed by atoms with E-state index in [-0.39, 0.29) is 5.82 Å². The second-order valence-corrected chi connectivity index (χ2v) is 6.58. The minimum absolute atomic E-state index is 0.182. The second-order valence-electron chi connectivity index (χ2n) is 4.55. The molecule has 1 aliphatic rings. The molecule has 1 saturated carbocycles. The fraction of sp³-hybridized carbons (Fsp3) is 0.308. The molecule has 0 spiro atoms. The van der Waals surface area contributed by atoms with Crippen molar-refractivity contribution >= 4 is 32.4 Å². The van der Waals surface area contributed by atoms with Crippen molar-refractivity contribution in [1.82, 2.24) is 4.98 Å². The first-order valence-corrected chi connectivity index (χ1v) is 7.43. The van der Waals surface area contributed by atoms with Crippen LogP contribution in [0.2, 0.25) is 0 Å². The Hall–Kier alpha value is -0.940. The highest BCUT2D eigenvalue weighted by atomic mass is 79.9.